The quantitative estimate of drug-likeness (QED) is 0.623. The van der Waals surface area contributed by atoms with E-state index >= 15 is 0 Å². The topological polar surface area (TPSA) is 55.8 Å². The van der Waals surface area contributed by atoms with Gasteiger partial charge in [0.1, 0.15) is 6.23 Å². The van der Waals surface area contributed by atoms with Crippen LogP contribution in [0.5, 0.6) is 0 Å². The fraction of sp³-hybridized carbons (Fsp3) is 0.818. The molecule has 0 aromatic carbocycles. The van der Waals surface area contributed by atoms with E-state index in [1.165, 1.54) is 0 Å². The summed E-state index contributed by atoms with van der Waals surface area (Å²) in [6.45, 7) is 5.88. The Morgan fingerprint density at radius 3 is 2.76 bits per heavy atom. The van der Waals surface area contributed by atoms with Gasteiger partial charge in [-0.1, -0.05) is 26.7 Å². The zero-order valence-corrected chi connectivity index (χ0v) is 11.3. The van der Waals surface area contributed by atoms with E-state index in [4.69, 9.17) is 4.18 Å². The standard InChI is InChI=1S/C11H22N2O3S/c1-3-5-7-12-8-9-13(10-12)11(6-4-2)16-17(14)15/h8-9,11H,3-7,10H2,1-2H3,(H,14,15)/p-1. The molecule has 0 aliphatic carbocycles. The third-order valence-electron chi connectivity index (χ3n) is 2.71. The molecule has 1 heterocycles. The van der Waals surface area contributed by atoms with E-state index in [1.54, 1.807) is 0 Å². The van der Waals surface area contributed by atoms with Gasteiger partial charge in [-0.3, -0.25) is 4.18 Å². The van der Waals surface area contributed by atoms with Crippen LogP contribution in [0.15, 0.2) is 12.4 Å². The minimum atomic E-state index is -2.45. The van der Waals surface area contributed by atoms with E-state index in [1.807, 2.05) is 24.2 Å². The number of hydrogen-bond acceptors (Lipinski definition) is 5. The highest BCUT2D eigenvalue weighted by atomic mass is 32.2. The third-order valence-corrected chi connectivity index (χ3v) is 3.09. The number of unbranched alkanes of at least 4 members (excludes halogenated alkanes) is 1. The minimum Gasteiger partial charge on any atom is -0.750 e. The van der Waals surface area contributed by atoms with Gasteiger partial charge in [-0.25, -0.2) is 4.21 Å². The maximum absolute atomic E-state index is 10.6. The Hall–Kier alpha value is -0.590. The van der Waals surface area contributed by atoms with Gasteiger partial charge in [-0.2, -0.15) is 0 Å². The SMILES string of the molecule is CCCCN1C=CN(C(CCC)OS(=O)[O-])C1. The third kappa shape index (κ3) is 5.06. The Bertz CT molecular complexity index is 273. The van der Waals surface area contributed by atoms with Crippen LogP contribution in [0.25, 0.3) is 0 Å². The zero-order chi connectivity index (χ0) is 12.7. The second-order valence-corrected chi connectivity index (χ2v) is 4.76. The molecule has 0 bridgehead atoms. The molecule has 17 heavy (non-hydrogen) atoms. The lowest BCUT2D eigenvalue weighted by Gasteiger charge is -2.29. The van der Waals surface area contributed by atoms with Crippen molar-refractivity contribution in [3.05, 3.63) is 12.4 Å². The van der Waals surface area contributed by atoms with Gasteiger partial charge in [0, 0.05) is 18.9 Å². The molecular weight excluding hydrogens is 240 g/mol. The van der Waals surface area contributed by atoms with Crippen molar-refractivity contribution in [1.82, 2.24) is 9.80 Å². The monoisotopic (exact) mass is 261 g/mol. The normalized spacial score (nSPS) is 18.8. The molecule has 0 N–H and O–H groups in total. The van der Waals surface area contributed by atoms with E-state index in [-0.39, 0.29) is 6.23 Å². The van der Waals surface area contributed by atoms with Crippen LogP contribution in [0.1, 0.15) is 39.5 Å². The highest BCUT2D eigenvalue weighted by Gasteiger charge is 2.21. The van der Waals surface area contributed by atoms with Gasteiger partial charge in [-0.05, 0) is 12.8 Å². The first kappa shape index (κ1) is 14.5. The molecule has 0 aromatic rings. The van der Waals surface area contributed by atoms with Crippen LogP contribution in [-0.2, 0) is 15.5 Å². The molecule has 5 nitrogen and oxygen atoms in total. The van der Waals surface area contributed by atoms with Crippen LogP contribution >= 0.6 is 0 Å². The van der Waals surface area contributed by atoms with Gasteiger partial charge < -0.3 is 14.4 Å². The van der Waals surface area contributed by atoms with Gasteiger partial charge in [0.05, 0.1) is 18.0 Å². The van der Waals surface area contributed by atoms with Crippen LogP contribution in [0, 0.1) is 0 Å². The van der Waals surface area contributed by atoms with Gasteiger partial charge in [0.2, 0.25) is 0 Å². The van der Waals surface area contributed by atoms with Crippen LogP contribution in [0.3, 0.4) is 0 Å². The summed E-state index contributed by atoms with van der Waals surface area (Å²) in [6.07, 6.45) is 7.43. The Morgan fingerprint density at radius 2 is 2.18 bits per heavy atom. The van der Waals surface area contributed by atoms with Crippen LogP contribution in [-0.4, -0.2) is 38.0 Å². The van der Waals surface area contributed by atoms with E-state index in [2.05, 4.69) is 11.8 Å². The van der Waals surface area contributed by atoms with Crippen molar-refractivity contribution >= 4 is 11.4 Å². The van der Waals surface area contributed by atoms with E-state index < -0.39 is 11.4 Å². The van der Waals surface area contributed by atoms with Crippen LogP contribution in [0.4, 0.5) is 0 Å². The Morgan fingerprint density at radius 1 is 1.41 bits per heavy atom. The molecule has 0 saturated heterocycles. The fourth-order valence-electron chi connectivity index (χ4n) is 1.78. The van der Waals surface area contributed by atoms with Crippen LogP contribution in [0.2, 0.25) is 0 Å². The lowest BCUT2D eigenvalue weighted by molar-refractivity contribution is 0.0429. The van der Waals surface area contributed by atoms with E-state index in [0.717, 1.165) is 25.8 Å². The highest BCUT2D eigenvalue weighted by molar-refractivity contribution is 7.74. The zero-order valence-electron chi connectivity index (χ0n) is 10.5. The summed E-state index contributed by atoms with van der Waals surface area (Å²) in [5.74, 6) is 0. The predicted octanol–water partition coefficient (Wildman–Crippen LogP) is 1.77. The molecule has 1 rings (SSSR count). The summed E-state index contributed by atoms with van der Waals surface area (Å²) in [7, 11) is 0. The molecule has 0 saturated carbocycles. The van der Waals surface area contributed by atoms with E-state index in [9.17, 15) is 8.76 Å². The maximum atomic E-state index is 10.6. The first-order chi connectivity index (χ1) is 8.17. The van der Waals surface area contributed by atoms with Gasteiger partial charge in [0.25, 0.3) is 0 Å². The van der Waals surface area contributed by atoms with Gasteiger partial charge in [0.15, 0.2) is 0 Å². The average molecular weight is 261 g/mol. The van der Waals surface area contributed by atoms with Crippen molar-refractivity contribution in [3.63, 3.8) is 0 Å². The van der Waals surface area contributed by atoms with Crippen molar-refractivity contribution in [2.24, 2.45) is 0 Å². The molecule has 100 valence electrons. The Kier molecular flexibility index (Phi) is 6.54. The molecule has 0 amide bonds. The summed E-state index contributed by atoms with van der Waals surface area (Å²) in [5.41, 5.74) is 0. The minimum absolute atomic E-state index is 0.374. The fourth-order valence-corrected chi connectivity index (χ4v) is 2.17. The van der Waals surface area contributed by atoms with Gasteiger partial charge >= 0.3 is 0 Å². The lowest BCUT2D eigenvalue weighted by atomic mass is 10.3. The molecule has 1 aliphatic heterocycles. The number of rotatable bonds is 8. The summed E-state index contributed by atoms with van der Waals surface area (Å²) in [6, 6.07) is 0. The van der Waals surface area contributed by atoms with Crippen molar-refractivity contribution in [2.45, 2.75) is 45.8 Å². The molecular formula is C11H21N2O3S-. The largest absolute Gasteiger partial charge is 0.750 e. The molecule has 0 aromatic heterocycles. The number of hydrogen-bond donors (Lipinski definition) is 0. The molecule has 0 fully saturated rings. The molecule has 0 radical (unpaired) electrons. The van der Waals surface area contributed by atoms with Crippen molar-refractivity contribution in [3.8, 4) is 0 Å². The second-order valence-electron chi connectivity index (χ2n) is 4.16. The predicted molar refractivity (Wildman–Crippen MR) is 66.2 cm³/mol. The summed E-state index contributed by atoms with van der Waals surface area (Å²) in [5, 5.41) is 0. The van der Waals surface area contributed by atoms with Crippen molar-refractivity contribution in [1.29, 1.82) is 0 Å². The molecule has 2 unspecified atom stereocenters. The van der Waals surface area contributed by atoms with Gasteiger partial charge in [-0.15, -0.1) is 0 Å². The van der Waals surface area contributed by atoms with Crippen LogP contribution < -0.4 is 0 Å². The summed E-state index contributed by atoms with van der Waals surface area (Å²) >= 11 is -2.45. The molecule has 2 atom stereocenters. The Labute approximate surface area is 106 Å². The first-order valence-electron chi connectivity index (χ1n) is 6.11. The maximum Gasteiger partial charge on any atom is 0.146 e. The van der Waals surface area contributed by atoms with Crippen molar-refractivity contribution in [2.75, 3.05) is 13.2 Å². The van der Waals surface area contributed by atoms with Crippen molar-refractivity contribution < 1.29 is 12.9 Å². The first-order valence-corrected chi connectivity index (χ1v) is 7.11. The summed E-state index contributed by atoms with van der Waals surface area (Å²) < 4.78 is 26.1. The Balaban J connectivity index is 2.43. The average Bonchev–Trinajstić information content (AvgIpc) is 2.73. The highest BCUT2D eigenvalue weighted by Crippen LogP contribution is 2.16. The summed E-state index contributed by atoms with van der Waals surface area (Å²) in [4.78, 5) is 4.10. The van der Waals surface area contributed by atoms with E-state index in [0.29, 0.717) is 13.1 Å². The smallest absolute Gasteiger partial charge is 0.146 e. The molecule has 6 heteroatoms. The molecule has 0 spiro atoms. The molecule has 1 aliphatic rings. The second kappa shape index (κ2) is 7.68. The lowest BCUT2D eigenvalue weighted by Crippen LogP contribution is -2.36. The number of nitrogens with zero attached hydrogens (tertiary/aromatic N) is 2.